The van der Waals surface area contributed by atoms with Gasteiger partial charge < -0.3 is 15.4 Å². The first kappa shape index (κ1) is 19.4. The zero-order valence-corrected chi connectivity index (χ0v) is 16.3. The highest BCUT2D eigenvalue weighted by Crippen LogP contribution is 2.18. The molecule has 0 spiro atoms. The molecule has 0 radical (unpaired) electrons. The summed E-state index contributed by atoms with van der Waals surface area (Å²) < 4.78 is 5.76. The van der Waals surface area contributed by atoms with Crippen LogP contribution in [0.15, 0.2) is 66.9 Å². The van der Waals surface area contributed by atoms with Gasteiger partial charge in [0.2, 0.25) is 5.95 Å². The number of aromatic nitrogens is 2. The second-order valence-corrected chi connectivity index (χ2v) is 7.39. The first-order chi connectivity index (χ1) is 13.4. The zero-order chi connectivity index (χ0) is 20.0. The number of nitrogens with one attached hydrogen (secondary N) is 2. The molecular formula is C22H24N4O2. The van der Waals surface area contributed by atoms with Crippen LogP contribution in [0.3, 0.4) is 0 Å². The number of rotatable bonds is 6. The number of anilines is 2. The van der Waals surface area contributed by atoms with Gasteiger partial charge in [0.1, 0.15) is 18.1 Å². The molecule has 0 atom stereocenters. The molecule has 144 valence electrons. The summed E-state index contributed by atoms with van der Waals surface area (Å²) in [5.41, 5.74) is 1.88. The molecule has 0 bridgehead atoms. The van der Waals surface area contributed by atoms with E-state index in [2.05, 4.69) is 20.6 Å². The minimum absolute atomic E-state index is 0.190. The SMILES string of the molecule is CC(C)(C)Nc1nccc(C(=O)Nc2ccc(OCc3ccccc3)cc2)n1. The van der Waals surface area contributed by atoms with Crippen molar-refractivity contribution in [1.29, 1.82) is 0 Å². The molecular weight excluding hydrogens is 352 g/mol. The minimum Gasteiger partial charge on any atom is -0.489 e. The lowest BCUT2D eigenvalue weighted by Gasteiger charge is -2.20. The van der Waals surface area contributed by atoms with Crippen LogP contribution in [0.2, 0.25) is 0 Å². The largest absolute Gasteiger partial charge is 0.489 e. The van der Waals surface area contributed by atoms with Gasteiger partial charge in [-0.25, -0.2) is 9.97 Å². The molecule has 0 aliphatic rings. The fourth-order valence-electron chi connectivity index (χ4n) is 2.45. The van der Waals surface area contributed by atoms with Gasteiger partial charge in [-0.1, -0.05) is 30.3 Å². The van der Waals surface area contributed by atoms with Crippen molar-refractivity contribution in [2.75, 3.05) is 10.6 Å². The summed E-state index contributed by atoms with van der Waals surface area (Å²) in [6, 6.07) is 18.8. The van der Waals surface area contributed by atoms with Crippen molar-refractivity contribution in [3.05, 3.63) is 78.1 Å². The van der Waals surface area contributed by atoms with Crippen molar-refractivity contribution in [3.63, 3.8) is 0 Å². The molecule has 2 aromatic carbocycles. The molecule has 0 aliphatic heterocycles. The highest BCUT2D eigenvalue weighted by atomic mass is 16.5. The average Bonchev–Trinajstić information content (AvgIpc) is 2.67. The average molecular weight is 376 g/mol. The van der Waals surface area contributed by atoms with Crippen LogP contribution in [0.25, 0.3) is 0 Å². The van der Waals surface area contributed by atoms with Gasteiger partial charge in [0.25, 0.3) is 5.91 Å². The van der Waals surface area contributed by atoms with Crippen LogP contribution in [-0.2, 0) is 6.61 Å². The van der Waals surface area contributed by atoms with Gasteiger partial charge in [0.15, 0.2) is 0 Å². The van der Waals surface area contributed by atoms with Crippen molar-refractivity contribution in [3.8, 4) is 5.75 Å². The van der Waals surface area contributed by atoms with Gasteiger partial charge in [-0.15, -0.1) is 0 Å². The molecule has 3 rings (SSSR count). The monoisotopic (exact) mass is 376 g/mol. The molecule has 6 heteroatoms. The number of hydrogen-bond donors (Lipinski definition) is 2. The minimum atomic E-state index is -0.294. The van der Waals surface area contributed by atoms with Crippen molar-refractivity contribution < 1.29 is 9.53 Å². The molecule has 28 heavy (non-hydrogen) atoms. The van der Waals surface area contributed by atoms with Crippen molar-refractivity contribution in [1.82, 2.24) is 9.97 Å². The van der Waals surface area contributed by atoms with Gasteiger partial charge in [-0.05, 0) is 56.7 Å². The maximum atomic E-state index is 12.5. The normalized spacial score (nSPS) is 11.0. The Kier molecular flexibility index (Phi) is 5.89. The summed E-state index contributed by atoms with van der Waals surface area (Å²) in [4.78, 5) is 20.9. The number of ether oxygens (including phenoxy) is 1. The lowest BCUT2D eigenvalue weighted by atomic mass is 10.1. The van der Waals surface area contributed by atoms with Crippen LogP contribution in [0.4, 0.5) is 11.6 Å². The van der Waals surface area contributed by atoms with E-state index in [0.717, 1.165) is 11.3 Å². The van der Waals surface area contributed by atoms with Gasteiger partial charge >= 0.3 is 0 Å². The Labute approximate surface area is 165 Å². The van der Waals surface area contributed by atoms with E-state index in [9.17, 15) is 4.79 Å². The molecule has 0 fully saturated rings. The first-order valence-electron chi connectivity index (χ1n) is 9.08. The van der Waals surface area contributed by atoms with Crippen LogP contribution in [0.5, 0.6) is 5.75 Å². The highest BCUT2D eigenvalue weighted by molar-refractivity contribution is 6.02. The quantitative estimate of drug-likeness (QED) is 0.661. The standard InChI is InChI=1S/C22H24N4O2/c1-22(2,3)26-21-23-14-13-19(25-21)20(27)24-17-9-11-18(12-10-17)28-15-16-7-5-4-6-8-16/h4-14H,15H2,1-3H3,(H,24,27)(H,23,25,26). The Balaban J connectivity index is 1.59. The first-order valence-corrected chi connectivity index (χ1v) is 9.08. The maximum Gasteiger partial charge on any atom is 0.274 e. The van der Waals surface area contributed by atoms with E-state index in [1.807, 2.05) is 63.2 Å². The lowest BCUT2D eigenvalue weighted by molar-refractivity contribution is 0.102. The molecule has 1 amide bonds. The van der Waals surface area contributed by atoms with Crippen molar-refractivity contribution in [2.45, 2.75) is 32.9 Å². The van der Waals surface area contributed by atoms with E-state index in [-0.39, 0.29) is 11.4 Å². The highest BCUT2D eigenvalue weighted by Gasteiger charge is 2.14. The van der Waals surface area contributed by atoms with Crippen LogP contribution >= 0.6 is 0 Å². The molecule has 0 unspecified atom stereocenters. The van der Waals surface area contributed by atoms with Crippen LogP contribution in [0, 0.1) is 0 Å². The number of hydrogen-bond acceptors (Lipinski definition) is 5. The van der Waals surface area contributed by atoms with Crippen LogP contribution in [0.1, 0.15) is 36.8 Å². The summed E-state index contributed by atoms with van der Waals surface area (Å²) in [7, 11) is 0. The van der Waals surface area contributed by atoms with Gasteiger partial charge in [0, 0.05) is 17.4 Å². The zero-order valence-electron chi connectivity index (χ0n) is 16.3. The Morgan fingerprint density at radius 3 is 2.39 bits per heavy atom. The predicted octanol–water partition coefficient (Wildman–Crippen LogP) is 4.52. The number of amides is 1. The summed E-state index contributed by atoms with van der Waals surface area (Å²) in [6.07, 6.45) is 1.57. The molecule has 1 heterocycles. The molecule has 2 N–H and O–H groups in total. The van der Waals surface area contributed by atoms with E-state index in [4.69, 9.17) is 4.74 Å². The molecule has 1 aromatic heterocycles. The topological polar surface area (TPSA) is 76.1 Å². The van der Waals surface area contributed by atoms with Gasteiger partial charge in [0.05, 0.1) is 0 Å². The number of carbonyl (C=O) groups is 1. The van der Waals surface area contributed by atoms with Gasteiger partial charge in [-0.3, -0.25) is 4.79 Å². The van der Waals surface area contributed by atoms with Crippen molar-refractivity contribution >= 4 is 17.5 Å². The van der Waals surface area contributed by atoms with Crippen LogP contribution < -0.4 is 15.4 Å². The van der Waals surface area contributed by atoms with Crippen LogP contribution in [-0.4, -0.2) is 21.4 Å². The smallest absolute Gasteiger partial charge is 0.274 e. The van der Waals surface area contributed by atoms with Gasteiger partial charge in [-0.2, -0.15) is 0 Å². The molecule has 0 saturated heterocycles. The summed E-state index contributed by atoms with van der Waals surface area (Å²) in [5, 5.41) is 5.99. The summed E-state index contributed by atoms with van der Waals surface area (Å²) in [6.45, 7) is 6.51. The predicted molar refractivity (Wildman–Crippen MR) is 111 cm³/mol. The third-order valence-electron chi connectivity index (χ3n) is 3.74. The maximum absolute atomic E-state index is 12.5. The fraction of sp³-hybridized carbons (Fsp3) is 0.227. The lowest BCUT2D eigenvalue weighted by Crippen LogP contribution is -2.28. The Bertz CT molecular complexity index is 919. The Hall–Kier alpha value is -3.41. The molecule has 3 aromatic rings. The third-order valence-corrected chi connectivity index (χ3v) is 3.74. The number of carbonyl (C=O) groups excluding carboxylic acids is 1. The summed E-state index contributed by atoms with van der Waals surface area (Å²) >= 11 is 0. The molecule has 6 nitrogen and oxygen atoms in total. The molecule has 0 saturated carbocycles. The number of benzene rings is 2. The van der Waals surface area contributed by atoms with E-state index < -0.39 is 0 Å². The van der Waals surface area contributed by atoms with E-state index in [0.29, 0.717) is 23.9 Å². The Morgan fingerprint density at radius 1 is 1.00 bits per heavy atom. The Morgan fingerprint density at radius 2 is 1.71 bits per heavy atom. The fourth-order valence-corrected chi connectivity index (χ4v) is 2.45. The van der Waals surface area contributed by atoms with E-state index in [1.165, 1.54) is 0 Å². The number of nitrogens with zero attached hydrogens (tertiary/aromatic N) is 2. The van der Waals surface area contributed by atoms with E-state index >= 15 is 0 Å². The van der Waals surface area contributed by atoms with Crippen molar-refractivity contribution in [2.24, 2.45) is 0 Å². The third kappa shape index (κ3) is 5.81. The second-order valence-electron chi connectivity index (χ2n) is 7.39. The van der Waals surface area contributed by atoms with E-state index in [1.54, 1.807) is 24.4 Å². The molecule has 0 aliphatic carbocycles. The summed E-state index contributed by atoms with van der Waals surface area (Å²) in [5.74, 6) is 0.864. The second kappa shape index (κ2) is 8.52.